The highest BCUT2D eigenvalue weighted by molar-refractivity contribution is 7.94. The molecule has 2 heterocycles. The van der Waals surface area contributed by atoms with Crippen LogP contribution in [0.1, 0.15) is 42.5 Å². The number of nitrogens with one attached hydrogen (secondary N) is 2. The molecule has 0 unspecified atom stereocenters. The zero-order chi connectivity index (χ0) is 22.4. The Hall–Kier alpha value is -2.91. The normalized spacial score (nSPS) is 14.6. The Labute approximate surface area is 191 Å². The van der Waals surface area contributed by atoms with Crippen molar-refractivity contribution in [2.24, 2.45) is 5.92 Å². The number of carbonyl (C=O) groups excluding carboxylic acids is 1. The van der Waals surface area contributed by atoms with Crippen LogP contribution in [0, 0.1) is 5.92 Å². The van der Waals surface area contributed by atoms with Gasteiger partial charge in [-0.25, -0.2) is 13.4 Å². The maximum Gasteiger partial charge on any atom is 0.271 e. The van der Waals surface area contributed by atoms with E-state index in [0.717, 1.165) is 24.2 Å². The van der Waals surface area contributed by atoms with Gasteiger partial charge in [0.15, 0.2) is 11.6 Å². The van der Waals surface area contributed by atoms with E-state index in [1.54, 1.807) is 48.0 Å². The summed E-state index contributed by atoms with van der Waals surface area (Å²) in [7, 11) is -3.69. The smallest absolute Gasteiger partial charge is 0.271 e. The molecule has 1 aromatic carbocycles. The first-order valence-corrected chi connectivity index (χ1v) is 12.9. The average Bonchev–Trinajstić information content (AvgIpc) is 3.35. The molecular weight excluding hydrogens is 446 g/mol. The molecule has 9 heteroatoms. The molecule has 2 aromatic heterocycles. The van der Waals surface area contributed by atoms with Crippen molar-refractivity contribution in [3.63, 3.8) is 0 Å². The number of anilines is 2. The first-order valence-electron chi connectivity index (χ1n) is 10.6. The maximum atomic E-state index is 12.8. The summed E-state index contributed by atoms with van der Waals surface area (Å²) in [6.07, 6.45) is 7.67. The number of thiophene rings is 1. The van der Waals surface area contributed by atoms with Gasteiger partial charge in [0, 0.05) is 17.4 Å². The molecule has 0 spiro atoms. The molecule has 0 saturated heterocycles. The topological polar surface area (TPSA) is 97.4 Å². The van der Waals surface area contributed by atoms with Crippen molar-refractivity contribution in [1.82, 2.24) is 4.98 Å². The molecule has 7 nitrogen and oxygen atoms in total. The lowest BCUT2D eigenvalue weighted by Crippen LogP contribution is -2.18. The van der Waals surface area contributed by atoms with E-state index in [1.807, 2.05) is 0 Å². The van der Waals surface area contributed by atoms with E-state index < -0.39 is 15.9 Å². The van der Waals surface area contributed by atoms with Gasteiger partial charge in [0.1, 0.15) is 4.21 Å². The van der Waals surface area contributed by atoms with E-state index >= 15 is 0 Å². The molecule has 168 valence electrons. The van der Waals surface area contributed by atoms with Crippen molar-refractivity contribution in [3.05, 3.63) is 65.7 Å². The minimum Gasteiger partial charge on any atom is -0.489 e. The molecule has 3 aromatic rings. The molecule has 0 radical (unpaired) electrons. The number of pyridine rings is 1. The molecule has 0 bridgehead atoms. The van der Waals surface area contributed by atoms with Crippen molar-refractivity contribution in [3.8, 4) is 5.75 Å². The van der Waals surface area contributed by atoms with Crippen molar-refractivity contribution in [2.45, 2.75) is 36.3 Å². The summed E-state index contributed by atoms with van der Waals surface area (Å²) in [4.78, 5) is 17.1. The number of sulfonamides is 1. The second kappa shape index (κ2) is 10.1. The minimum absolute atomic E-state index is 0.209. The second-order valence-electron chi connectivity index (χ2n) is 7.74. The Balaban J connectivity index is 1.44. The van der Waals surface area contributed by atoms with Crippen molar-refractivity contribution >= 4 is 38.8 Å². The monoisotopic (exact) mass is 471 g/mol. The highest BCUT2D eigenvalue weighted by atomic mass is 32.2. The van der Waals surface area contributed by atoms with E-state index in [9.17, 15) is 13.2 Å². The van der Waals surface area contributed by atoms with Crippen LogP contribution in [0.25, 0.3) is 0 Å². The van der Waals surface area contributed by atoms with Crippen LogP contribution in [0.4, 0.5) is 11.5 Å². The fourth-order valence-corrected chi connectivity index (χ4v) is 5.73. The third kappa shape index (κ3) is 5.66. The molecule has 4 rings (SSSR count). The first-order chi connectivity index (χ1) is 15.5. The number of nitrogens with zero attached hydrogens (tertiary/aromatic N) is 1. The fraction of sp³-hybridized carbons (Fsp3) is 0.304. The van der Waals surface area contributed by atoms with Crippen LogP contribution in [-0.2, 0) is 10.0 Å². The molecular formula is C23H25N3O4S2. The van der Waals surface area contributed by atoms with Crippen LogP contribution in [-0.4, -0.2) is 25.9 Å². The quantitative estimate of drug-likeness (QED) is 0.473. The van der Waals surface area contributed by atoms with Crippen LogP contribution in [0.3, 0.4) is 0 Å². The summed E-state index contributed by atoms with van der Waals surface area (Å²) >= 11 is 1.13. The van der Waals surface area contributed by atoms with Gasteiger partial charge in [-0.3, -0.25) is 9.52 Å². The third-order valence-corrected chi connectivity index (χ3v) is 8.12. The Morgan fingerprint density at radius 2 is 1.94 bits per heavy atom. The molecule has 0 aliphatic heterocycles. The number of amides is 1. The lowest BCUT2D eigenvalue weighted by atomic mass is 9.90. The summed E-state index contributed by atoms with van der Waals surface area (Å²) in [5.74, 6) is 1.00. The molecule has 1 aliphatic carbocycles. The summed E-state index contributed by atoms with van der Waals surface area (Å²) in [5.41, 5.74) is 0.612. The summed E-state index contributed by atoms with van der Waals surface area (Å²) in [5, 5.41) is 4.48. The summed E-state index contributed by atoms with van der Waals surface area (Å²) in [6, 6.07) is 13.1. The minimum atomic E-state index is -3.69. The number of carbonyl (C=O) groups is 1. The SMILES string of the molecule is O=C(Nc1ncccc1OCC1CCCCC1)c1cccc(NS(=O)(=O)c2cccs2)c1. The van der Waals surface area contributed by atoms with Gasteiger partial charge >= 0.3 is 0 Å². The van der Waals surface area contributed by atoms with Gasteiger partial charge in [0.25, 0.3) is 15.9 Å². The summed E-state index contributed by atoms with van der Waals surface area (Å²) in [6.45, 7) is 0.606. The molecule has 32 heavy (non-hydrogen) atoms. The first kappa shape index (κ1) is 22.3. The van der Waals surface area contributed by atoms with Crippen LogP contribution in [0.2, 0.25) is 0 Å². The number of ether oxygens (including phenoxy) is 1. The number of hydrogen-bond acceptors (Lipinski definition) is 6. The lowest BCUT2D eigenvalue weighted by Gasteiger charge is -2.22. The van der Waals surface area contributed by atoms with Gasteiger partial charge in [0.2, 0.25) is 0 Å². The molecule has 1 saturated carbocycles. The highest BCUT2D eigenvalue weighted by Crippen LogP contribution is 2.27. The highest BCUT2D eigenvalue weighted by Gasteiger charge is 2.18. The van der Waals surface area contributed by atoms with E-state index in [0.29, 0.717) is 35.3 Å². The van der Waals surface area contributed by atoms with Gasteiger partial charge in [-0.15, -0.1) is 11.3 Å². The average molecular weight is 472 g/mol. The molecule has 1 fully saturated rings. The van der Waals surface area contributed by atoms with Gasteiger partial charge in [-0.1, -0.05) is 31.4 Å². The van der Waals surface area contributed by atoms with Crippen molar-refractivity contribution in [1.29, 1.82) is 0 Å². The van der Waals surface area contributed by atoms with Gasteiger partial charge in [-0.2, -0.15) is 0 Å². The number of hydrogen-bond donors (Lipinski definition) is 2. The van der Waals surface area contributed by atoms with Crippen LogP contribution < -0.4 is 14.8 Å². The summed E-state index contributed by atoms with van der Waals surface area (Å²) < 4.78 is 33.6. The Kier molecular flexibility index (Phi) is 7.06. The molecule has 2 N–H and O–H groups in total. The Morgan fingerprint density at radius 1 is 1.09 bits per heavy atom. The standard InChI is InChI=1S/C23H25N3O4S2/c27-23(18-9-4-10-19(15-18)26-32(28,29)21-12-6-14-31-21)25-22-20(11-5-13-24-22)30-16-17-7-2-1-3-8-17/h4-6,9-15,17,26H,1-3,7-8,16H2,(H,24,25,27). The van der Waals surface area contributed by atoms with E-state index in [4.69, 9.17) is 4.74 Å². The van der Waals surface area contributed by atoms with Crippen molar-refractivity contribution in [2.75, 3.05) is 16.6 Å². The number of aromatic nitrogens is 1. The fourth-order valence-electron chi connectivity index (χ4n) is 3.69. The van der Waals surface area contributed by atoms with Gasteiger partial charge in [-0.05, 0) is 60.5 Å². The number of benzene rings is 1. The molecule has 0 atom stereocenters. The zero-order valence-corrected chi connectivity index (χ0v) is 19.1. The third-order valence-electron chi connectivity index (χ3n) is 5.34. The molecule has 1 amide bonds. The maximum absolute atomic E-state index is 12.8. The van der Waals surface area contributed by atoms with Crippen LogP contribution >= 0.6 is 11.3 Å². The van der Waals surface area contributed by atoms with Gasteiger partial charge < -0.3 is 10.1 Å². The van der Waals surface area contributed by atoms with E-state index in [-0.39, 0.29) is 4.21 Å². The second-order valence-corrected chi connectivity index (χ2v) is 10.6. The Bertz CT molecular complexity index is 1160. The van der Waals surface area contributed by atoms with Crippen LogP contribution in [0.5, 0.6) is 5.75 Å². The van der Waals surface area contributed by atoms with E-state index in [1.165, 1.54) is 31.4 Å². The van der Waals surface area contributed by atoms with Crippen molar-refractivity contribution < 1.29 is 17.9 Å². The zero-order valence-electron chi connectivity index (χ0n) is 17.5. The number of rotatable bonds is 8. The largest absolute Gasteiger partial charge is 0.489 e. The lowest BCUT2D eigenvalue weighted by molar-refractivity contribution is 0.102. The van der Waals surface area contributed by atoms with Crippen LogP contribution in [0.15, 0.2) is 64.3 Å². The predicted octanol–water partition coefficient (Wildman–Crippen LogP) is 5.16. The van der Waals surface area contributed by atoms with E-state index in [2.05, 4.69) is 15.0 Å². The molecule has 1 aliphatic rings. The Morgan fingerprint density at radius 3 is 2.72 bits per heavy atom. The predicted molar refractivity (Wildman–Crippen MR) is 126 cm³/mol. The van der Waals surface area contributed by atoms with Gasteiger partial charge in [0.05, 0.1) is 6.61 Å².